The zero-order chi connectivity index (χ0) is 14.8. The lowest BCUT2D eigenvalue weighted by atomic mass is 10.0. The van der Waals surface area contributed by atoms with Crippen LogP contribution in [0, 0.1) is 5.92 Å². The highest BCUT2D eigenvalue weighted by Gasteiger charge is 2.43. The van der Waals surface area contributed by atoms with Gasteiger partial charge in [-0.15, -0.1) is 0 Å². The Balaban J connectivity index is 2.05. The minimum absolute atomic E-state index is 0.0937. The molecule has 0 amide bonds. The molecular weight excluding hydrogens is 274 g/mol. The summed E-state index contributed by atoms with van der Waals surface area (Å²) in [4.78, 5) is 0. The van der Waals surface area contributed by atoms with E-state index >= 15 is 0 Å². The molecule has 0 aromatic carbocycles. The van der Waals surface area contributed by atoms with Gasteiger partial charge in [-0.2, -0.15) is 17.4 Å². The zero-order valence-corrected chi connectivity index (χ0v) is 13.8. The van der Waals surface area contributed by atoms with E-state index in [1.54, 1.807) is 4.31 Å². The van der Waals surface area contributed by atoms with Gasteiger partial charge in [0.1, 0.15) is 0 Å². The van der Waals surface area contributed by atoms with Crippen LogP contribution in [-0.4, -0.2) is 43.9 Å². The minimum atomic E-state index is -3.38. The van der Waals surface area contributed by atoms with Gasteiger partial charge >= 0.3 is 0 Å². The summed E-state index contributed by atoms with van der Waals surface area (Å²) >= 11 is 0. The summed E-state index contributed by atoms with van der Waals surface area (Å²) in [6.45, 7) is 8.34. The van der Waals surface area contributed by atoms with Crippen molar-refractivity contribution in [1.29, 1.82) is 0 Å². The second-order valence-corrected chi connectivity index (χ2v) is 8.29. The van der Waals surface area contributed by atoms with Crippen molar-refractivity contribution in [2.45, 2.75) is 64.5 Å². The molecule has 1 saturated heterocycles. The SMILES string of the molecule is CCNCC1CCCCN1S(=O)(=O)NC(C)(C)C1CC1. The van der Waals surface area contributed by atoms with Crippen LogP contribution >= 0.6 is 0 Å². The first-order chi connectivity index (χ1) is 9.37. The maximum absolute atomic E-state index is 12.7. The predicted molar refractivity (Wildman–Crippen MR) is 81.7 cm³/mol. The van der Waals surface area contributed by atoms with Crippen LogP contribution in [0.1, 0.15) is 52.9 Å². The van der Waals surface area contributed by atoms with Crippen LogP contribution in [0.25, 0.3) is 0 Å². The van der Waals surface area contributed by atoms with Crippen molar-refractivity contribution >= 4 is 10.2 Å². The monoisotopic (exact) mass is 303 g/mol. The third-order valence-electron chi connectivity index (χ3n) is 4.50. The zero-order valence-electron chi connectivity index (χ0n) is 13.0. The van der Waals surface area contributed by atoms with E-state index in [9.17, 15) is 8.42 Å². The van der Waals surface area contributed by atoms with E-state index in [2.05, 4.69) is 17.0 Å². The van der Waals surface area contributed by atoms with Crippen LogP contribution in [0.2, 0.25) is 0 Å². The molecule has 2 aliphatic rings. The van der Waals surface area contributed by atoms with Crippen molar-refractivity contribution in [2.75, 3.05) is 19.6 Å². The van der Waals surface area contributed by atoms with Crippen LogP contribution in [0.4, 0.5) is 0 Å². The molecule has 20 heavy (non-hydrogen) atoms. The van der Waals surface area contributed by atoms with E-state index in [4.69, 9.17) is 0 Å². The van der Waals surface area contributed by atoms with Crippen molar-refractivity contribution in [3.63, 3.8) is 0 Å². The first-order valence-corrected chi connectivity index (χ1v) is 9.32. The number of likely N-dealkylation sites (N-methyl/N-ethyl adjacent to an activating group) is 1. The first kappa shape index (κ1) is 16.2. The molecule has 2 N–H and O–H groups in total. The van der Waals surface area contributed by atoms with Crippen LogP contribution in [0.5, 0.6) is 0 Å². The van der Waals surface area contributed by atoms with E-state index in [0.717, 1.165) is 45.2 Å². The maximum atomic E-state index is 12.7. The Morgan fingerprint density at radius 2 is 1.90 bits per heavy atom. The summed E-state index contributed by atoms with van der Waals surface area (Å²) in [7, 11) is -3.38. The third-order valence-corrected chi connectivity index (χ3v) is 6.38. The summed E-state index contributed by atoms with van der Waals surface area (Å²) in [6.07, 6.45) is 5.31. The predicted octanol–water partition coefficient (Wildman–Crippen LogP) is 1.47. The number of rotatable bonds is 7. The fourth-order valence-electron chi connectivity index (χ4n) is 3.08. The Labute approximate surface area is 123 Å². The molecule has 0 bridgehead atoms. The fraction of sp³-hybridized carbons (Fsp3) is 1.00. The Morgan fingerprint density at radius 3 is 2.50 bits per heavy atom. The topological polar surface area (TPSA) is 61.4 Å². The molecular formula is C14H29N3O2S. The normalized spacial score (nSPS) is 25.9. The fourth-order valence-corrected chi connectivity index (χ4v) is 4.98. The molecule has 1 unspecified atom stereocenters. The van der Waals surface area contributed by atoms with Gasteiger partial charge in [0.15, 0.2) is 0 Å². The van der Waals surface area contributed by atoms with E-state index in [-0.39, 0.29) is 11.6 Å². The van der Waals surface area contributed by atoms with Crippen molar-refractivity contribution in [3.05, 3.63) is 0 Å². The van der Waals surface area contributed by atoms with Gasteiger partial charge in [0.05, 0.1) is 0 Å². The number of hydrogen-bond donors (Lipinski definition) is 2. The molecule has 5 nitrogen and oxygen atoms in total. The van der Waals surface area contributed by atoms with Gasteiger partial charge in [-0.1, -0.05) is 13.3 Å². The van der Waals surface area contributed by atoms with Crippen LogP contribution in [0.3, 0.4) is 0 Å². The molecule has 1 atom stereocenters. The van der Waals surface area contributed by atoms with Crippen LogP contribution < -0.4 is 10.0 Å². The minimum Gasteiger partial charge on any atom is -0.315 e. The van der Waals surface area contributed by atoms with Crippen molar-refractivity contribution in [1.82, 2.24) is 14.3 Å². The molecule has 2 fully saturated rings. The lowest BCUT2D eigenvalue weighted by Gasteiger charge is -2.37. The number of hydrogen-bond acceptors (Lipinski definition) is 3. The summed E-state index contributed by atoms with van der Waals surface area (Å²) in [5, 5.41) is 3.28. The molecule has 0 aromatic rings. The summed E-state index contributed by atoms with van der Waals surface area (Å²) in [5.74, 6) is 0.495. The Morgan fingerprint density at radius 1 is 1.20 bits per heavy atom. The summed E-state index contributed by atoms with van der Waals surface area (Å²) < 4.78 is 30.0. The average Bonchev–Trinajstić information content (AvgIpc) is 3.20. The Hall–Kier alpha value is -0.170. The molecule has 2 rings (SSSR count). The average molecular weight is 303 g/mol. The van der Waals surface area contributed by atoms with Crippen LogP contribution in [0.15, 0.2) is 0 Å². The molecule has 1 aliphatic heterocycles. The highest BCUT2D eigenvalue weighted by Crippen LogP contribution is 2.39. The van der Waals surface area contributed by atoms with Gasteiger partial charge in [0.25, 0.3) is 10.2 Å². The molecule has 1 heterocycles. The van der Waals surface area contributed by atoms with E-state index in [0.29, 0.717) is 12.5 Å². The van der Waals surface area contributed by atoms with Crippen molar-refractivity contribution in [3.8, 4) is 0 Å². The Kier molecular flexibility index (Phi) is 5.10. The molecule has 6 heteroatoms. The third kappa shape index (κ3) is 3.93. The highest BCUT2D eigenvalue weighted by atomic mass is 32.2. The maximum Gasteiger partial charge on any atom is 0.280 e. The largest absolute Gasteiger partial charge is 0.315 e. The van der Waals surface area contributed by atoms with Gasteiger partial charge in [0, 0.05) is 24.7 Å². The second-order valence-electron chi connectivity index (χ2n) is 6.67. The molecule has 1 saturated carbocycles. The van der Waals surface area contributed by atoms with Gasteiger partial charge in [-0.05, 0) is 52.0 Å². The van der Waals surface area contributed by atoms with Gasteiger partial charge in [-0.25, -0.2) is 0 Å². The number of nitrogens with one attached hydrogen (secondary N) is 2. The highest BCUT2D eigenvalue weighted by molar-refractivity contribution is 7.87. The summed E-state index contributed by atoms with van der Waals surface area (Å²) in [6, 6.07) is 0.0937. The smallest absolute Gasteiger partial charge is 0.280 e. The van der Waals surface area contributed by atoms with E-state index in [1.807, 2.05) is 13.8 Å². The standard InChI is InChI=1S/C14H29N3O2S/c1-4-15-11-13-7-5-6-10-17(13)20(18,19)16-14(2,3)12-8-9-12/h12-13,15-16H,4-11H2,1-3H3. The van der Waals surface area contributed by atoms with Crippen LogP contribution in [-0.2, 0) is 10.2 Å². The summed E-state index contributed by atoms with van der Waals surface area (Å²) in [5.41, 5.74) is -0.320. The molecule has 118 valence electrons. The van der Waals surface area contributed by atoms with Crippen molar-refractivity contribution < 1.29 is 8.42 Å². The lowest BCUT2D eigenvalue weighted by molar-refractivity contribution is 0.237. The number of piperidine rings is 1. The molecule has 0 aromatic heterocycles. The van der Waals surface area contributed by atoms with Gasteiger partial charge < -0.3 is 5.32 Å². The molecule has 1 aliphatic carbocycles. The Bertz CT molecular complexity index is 418. The van der Waals surface area contributed by atoms with E-state index in [1.165, 1.54) is 0 Å². The quantitative estimate of drug-likeness (QED) is 0.749. The lowest BCUT2D eigenvalue weighted by Crippen LogP contribution is -2.57. The van der Waals surface area contributed by atoms with Gasteiger partial charge in [-0.3, -0.25) is 0 Å². The number of nitrogens with zero attached hydrogens (tertiary/aromatic N) is 1. The first-order valence-electron chi connectivity index (χ1n) is 7.88. The van der Waals surface area contributed by atoms with E-state index < -0.39 is 10.2 Å². The molecule has 0 spiro atoms. The van der Waals surface area contributed by atoms with Crippen molar-refractivity contribution in [2.24, 2.45) is 5.92 Å². The van der Waals surface area contributed by atoms with Gasteiger partial charge in [0.2, 0.25) is 0 Å². The molecule has 0 radical (unpaired) electrons. The second kappa shape index (κ2) is 6.30.